The number of benzene rings is 1. The van der Waals surface area contributed by atoms with Crippen LogP contribution in [0.1, 0.15) is 11.1 Å². The molecule has 1 heterocycles. The normalized spacial score (nSPS) is 13.0. The van der Waals surface area contributed by atoms with E-state index in [4.69, 9.17) is 32.2 Å². The van der Waals surface area contributed by atoms with Crippen molar-refractivity contribution in [3.8, 4) is 11.5 Å². The molecule has 0 radical (unpaired) electrons. The fourth-order valence-electron chi connectivity index (χ4n) is 1.37. The lowest BCUT2D eigenvalue weighted by molar-refractivity contribution is 0.174. The van der Waals surface area contributed by atoms with Gasteiger partial charge in [-0.15, -0.1) is 0 Å². The van der Waals surface area contributed by atoms with E-state index in [1.807, 2.05) is 0 Å². The van der Waals surface area contributed by atoms with E-state index in [-0.39, 0.29) is 12.6 Å². The van der Waals surface area contributed by atoms with Crippen LogP contribution in [-0.2, 0) is 0 Å². The number of ether oxygens (including phenoxy) is 2. The van der Waals surface area contributed by atoms with Crippen LogP contribution in [0.5, 0.6) is 11.5 Å². The molecular formula is C9H9ClN2O2. The highest BCUT2D eigenvalue weighted by molar-refractivity contribution is 6.33. The summed E-state index contributed by atoms with van der Waals surface area (Å²) in [5, 5.41) is 7.82. The van der Waals surface area contributed by atoms with E-state index in [0.717, 1.165) is 5.56 Å². The maximum atomic E-state index is 7.36. The molecule has 74 valence electrons. The molecule has 5 heteroatoms. The van der Waals surface area contributed by atoms with Gasteiger partial charge in [0.05, 0.1) is 5.02 Å². The minimum atomic E-state index is -0.0253. The third kappa shape index (κ3) is 1.19. The fraction of sp³-hybridized carbons (Fsp3) is 0.222. The largest absolute Gasteiger partial charge is 0.454 e. The number of nitrogens with one attached hydrogen (secondary N) is 1. The van der Waals surface area contributed by atoms with E-state index >= 15 is 0 Å². The molecule has 14 heavy (non-hydrogen) atoms. The van der Waals surface area contributed by atoms with Crippen molar-refractivity contribution in [1.82, 2.24) is 0 Å². The van der Waals surface area contributed by atoms with E-state index in [0.29, 0.717) is 22.1 Å². The minimum absolute atomic E-state index is 0.0253. The second-order valence-corrected chi connectivity index (χ2v) is 3.39. The Labute approximate surface area is 86.1 Å². The van der Waals surface area contributed by atoms with Crippen molar-refractivity contribution in [3.63, 3.8) is 0 Å². The molecule has 0 unspecified atom stereocenters. The molecule has 3 N–H and O–H groups in total. The third-order valence-electron chi connectivity index (χ3n) is 2.14. The number of fused-ring (bicyclic) bond motifs is 1. The van der Waals surface area contributed by atoms with Gasteiger partial charge in [0.25, 0.3) is 0 Å². The van der Waals surface area contributed by atoms with Gasteiger partial charge in [-0.1, -0.05) is 11.6 Å². The third-order valence-corrected chi connectivity index (χ3v) is 2.59. The summed E-state index contributed by atoms with van der Waals surface area (Å²) >= 11 is 6.03. The predicted octanol–water partition coefficient (Wildman–Crippen LogP) is 1.66. The monoisotopic (exact) mass is 212 g/mol. The number of nitrogen functional groups attached to an aromatic ring is 1. The van der Waals surface area contributed by atoms with Gasteiger partial charge in [-0.3, -0.25) is 5.41 Å². The summed E-state index contributed by atoms with van der Waals surface area (Å²) in [6, 6.07) is 1.67. The van der Waals surface area contributed by atoms with Crippen LogP contribution in [-0.4, -0.2) is 12.6 Å². The Morgan fingerprint density at radius 2 is 2.29 bits per heavy atom. The van der Waals surface area contributed by atoms with Crippen LogP contribution in [0, 0.1) is 12.3 Å². The lowest BCUT2D eigenvalue weighted by Crippen LogP contribution is -2.12. The minimum Gasteiger partial charge on any atom is -0.454 e. The molecule has 0 saturated heterocycles. The first-order valence-electron chi connectivity index (χ1n) is 4.04. The highest BCUT2D eigenvalue weighted by Crippen LogP contribution is 2.42. The van der Waals surface area contributed by atoms with Gasteiger partial charge in [0.15, 0.2) is 11.5 Å². The Balaban J connectivity index is 2.67. The second-order valence-electron chi connectivity index (χ2n) is 3.01. The van der Waals surface area contributed by atoms with E-state index in [9.17, 15) is 0 Å². The van der Waals surface area contributed by atoms with E-state index in [2.05, 4.69) is 0 Å². The van der Waals surface area contributed by atoms with Gasteiger partial charge in [0.1, 0.15) is 5.84 Å². The zero-order valence-electron chi connectivity index (χ0n) is 7.56. The number of rotatable bonds is 1. The zero-order valence-corrected chi connectivity index (χ0v) is 8.31. The molecule has 2 rings (SSSR count). The summed E-state index contributed by atoms with van der Waals surface area (Å²) in [6.45, 7) is 1.96. The van der Waals surface area contributed by atoms with Gasteiger partial charge in [0, 0.05) is 5.56 Å². The maximum absolute atomic E-state index is 7.36. The van der Waals surface area contributed by atoms with Gasteiger partial charge in [0.2, 0.25) is 6.79 Å². The fourth-order valence-corrected chi connectivity index (χ4v) is 1.62. The Kier molecular flexibility index (Phi) is 2.00. The quantitative estimate of drug-likeness (QED) is 0.550. The second kappa shape index (κ2) is 3.06. The van der Waals surface area contributed by atoms with Gasteiger partial charge in [-0.2, -0.15) is 0 Å². The van der Waals surface area contributed by atoms with Crippen molar-refractivity contribution in [2.75, 3.05) is 6.79 Å². The summed E-state index contributed by atoms with van der Waals surface area (Å²) in [4.78, 5) is 0. The van der Waals surface area contributed by atoms with Crippen LogP contribution in [0.25, 0.3) is 0 Å². The summed E-state index contributed by atoms with van der Waals surface area (Å²) in [5.41, 5.74) is 6.73. The number of halogens is 1. The molecule has 1 aromatic carbocycles. The van der Waals surface area contributed by atoms with Crippen LogP contribution in [0.3, 0.4) is 0 Å². The standard InChI is InChI=1S/C9H9ClN2O2/c1-4-5(9(11)12)2-6-8(7(4)10)14-3-13-6/h2H,3H2,1H3,(H3,11,12). The SMILES string of the molecule is Cc1c(C(=N)N)cc2c(c1Cl)OCO2. The summed E-state index contributed by atoms with van der Waals surface area (Å²) in [6.07, 6.45) is 0. The molecule has 0 aromatic heterocycles. The van der Waals surface area contributed by atoms with E-state index in [1.54, 1.807) is 13.0 Å². The van der Waals surface area contributed by atoms with Crippen molar-refractivity contribution < 1.29 is 9.47 Å². The van der Waals surface area contributed by atoms with Crippen molar-refractivity contribution in [3.05, 3.63) is 22.2 Å². The lowest BCUT2D eigenvalue weighted by Gasteiger charge is -2.08. The summed E-state index contributed by atoms with van der Waals surface area (Å²) < 4.78 is 10.3. The van der Waals surface area contributed by atoms with Gasteiger partial charge >= 0.3 is 0 Å². The highest BCUT2D eigenvalue weighted by Gasteiger charge is 2.21. The Bertz CT molecular complexity index is 418. The Hall–Kier alpha value is -1.42. The topological polar surface area (TPSA) is 68.3 Å². The van der Waals surface area contributed by atoms with E-state index in [1.165, 1.54) is 0 Å². The molecule has 0 atom stereocenters. The molecule has 0 aliphatic carbocycles. The number of amidine groups is 1. The summed E-state index contributed by atoms with van der Waals surface area (Å²) in [5.74, 6) is 1.06. The number of nitrogens with two attached hydrogens (primary N) is 1. The zero-order chi connectivity index (χ0) is 10.3. The molecule has 0 amide bonds. The number of hydrogen-bond donors (Lipinski definition) is 2. The summed E-state index contributed by atoms with van der Waals surface area (Å²) in [7, 11) is 0. The molecular weight excluding hydrogens is 204 g/mol. The maximum Gasteiger partial charge on any atom is 0.231 e. The molecule has 0 bridgehead atoms. The first-order chi connectivity index (χ1) is 6.61. The first kappa shape index (κ1) is 9.15. The molecule has 0 spiro atoms. The molecule has 1 aliphatic heterocycles. The average molecular weight is 213 g/mol. The highest BCUT2D eigenvalue weighted by atomic mass is 35.5. The van der Waals surface area contributed by atoms with Crippen LogP contribution < -0.4 is 15.2 Å². The molecule has 0 fully saturated rings. The van der Waals surface area contributed by atoms with Gasteiger partial charge in [-0.25, -0.2) is 0 Å². The van der Waals surface area contributed by atoms with Crippen molar-refractivity contribution >= 4 is 17.4 Å². The van der Waals surface area contributed by atoms with Crippen molar-refractivity contribution in [2.24, 2.45) is 5.73 Å². The number of hydrogen-bond acceptors (Lipinski definition) is 3. The Morgan fingerprint density at radius 3 is 2.93 bits per heavy atom. The molecule has 1 aromatic rings. The van der Waals surface area contributed by atoms with E-state index < -0.39 is 0 Å². The van der Waals surface area contributed by atoms with Crippen molar-refractivity contribution in [2.45, 2.75) is 6.92 Å². The van der Waals surface area contributed by atoms with Gasteiger partial charge in [-0.05, 0) is 18.6 Å². The van der Waals surface area contributed by atoms with Crippen LogP contribution in [0.15, 0.2) is 6.07 Å². The van der Waals surface area contributed by atoms with Crippen molar-refractivity contribution in [1.29, 1.82) is 5.41 Å². The van der Waals surface area contributed by atoms with Crippen LogP contribution in [0.2, 0.25) is 5.02 Å². The molecule has 4 nitrogen and oxygen atoms in total. The lowest BCUT2D eigenvalue weighted by atomic mass is 10.1. The molecule has 0 saturated carbocycles. The predicted molar refractivity (Wildman–Crippen MR) is 53.3 cm³/mol. The Morgan fingerprint density at radius 1 is 1.57 bits per heavy atom. The molecule has 1 aliphatic rings. The average Bonchev–Trinajstić information content (AvgIpc) is 2.58. The van der Waals surface area contributed by atoms with Crippen LogP contribution >= 0.6 is 11.6 Å². The smallest absolute Gasteiger partial charge is 0.231 e. The van der Waals surface area contributed by atoms with Crippen LogP contribution in [0.4, 0.5) is 0 Å². The van der Waals surface area contributed by atoms with Gasteiger partial charge < -0.3 is 15.2 Å². The first-order valence-corrected chi connectivity index (χ1v) is 4.42.